The number of aromatic nitrogens is 3. The number of benzene rings is 1. The van der Waals surface area contributed by atoms with Gasteiger partial charge in [0.1, 0.15) is 22.6 Å². The second-order valence-corrected chi connectivity index (χ2v) is 7.12. The lowest BCUT2D eigenvalue weighted by atomic mass is 10.0. The zero-order valence-corrected chi connectivity index (χ0v) is 15.4. The van der Waals surface area contributed by atoms with Crippen molar-refractivity contribution in [3.05, 3.63) is 53.2 Å². The third kappa shape index (κ3) is 3.94. The van der Waals surface area contributed by atoms with Gasteiger partial charge in [0, 0.05) is 17.1 Å². The molecule has 0 radical (unpaired) electrons. The van der Waals surface area contributed by atoms with Crippen LogP contribution in [0.1, 0.15) is 42.4 Å². The maximum atomic E-state index is 13.9. The molecule has 2 heterocycles. The SMILES string of the molecule is Cc1cnc(C(=O)c2ccc(F)c3[nH]ncc23)c(NC(=O)OC(C)(C)C)c1. The highest BCUT2D eigenvalue weighted by atomic mass is 19.1. The minimum Gasteiger partial charge on any atom is -0.444 e. The fourth-order valence-electron chi connectivity index (χ4n) is 2.59. The Labute approximate surface area is 154 Å². The van der Waals surface area contributed by atoms with Crippen LogP contribution < -0.4 is 5.32 Å². The molecule has 27 heavy (non-hydrogen) atoms. The maximum absolute atomic E-state index is 13.9. The number of hydrogen-bond acceptors (Lipinski definition) is 5. The number of pyridine rings is 1. The normalized spacial score (nSPS) is 11.4. The van der Waals surface area contributed by atoms with Gasteiger partial charge < -0.3 is 4.74 Å². The molecule has 0 aliphatic carbocycles. The predicted molar refractivity (Wildman–Crippen MR) is 98.3 cm³/mol. The molecular weight excluding hydrogens is 351 g/mol. The Hall–Kier alpha value is -3.29. The van der Waals surface area contributed by atoms with Gasteiger partial charge in [0.25, 0.3) is 0 Å². The first-order valence-electron chi connectivity index (χ1n) is 8.28. The summed E-state index contributed by atoms with van der Waals surface area (Å²) in [5, 5.41) is 9.23. The first-order valence-corrected chi connectivity index (χ1v) is 8.28. The fourth-order valence-corrected chi connectivity index (χ4v) is 2.59. The molecule has 7 nitrogen and oxygen atoms in total. The summed E-state index contributed by atoms with van der Waals surface area (Å²) >= 11 is 0. The van der Waals surface area contributed by atoms with E-state index in [2.05, 4.69) is 20.5 Å². The molecule has 2 aromatic heterocycles. The Bertz CT molecular complexity index is 1040. The first-order chi connectivity index (χ1) is 12.7. The standard InChI is InChI=1S/C19H19FN4O3/c1-10-7-14(23-18(26)27-19(2,3)4)16(21-8-10)17(25)11-5-6-13(20)15-12(11)9-22-24-15/h5-9H,1-4H3,(H,22,24)(H,23,26). The van der Waals surface area contributed by atoms with Gasteiger partial charge in [-0.3, -0.25) is 20.2 Å². The fraction of sp³-hybridized carbons (Fsp3) is 0.263. The van der Waals surface area contributed by atoms with Crippen LogP contribution in [0.3, 0.4) is 0 Å². The summed E-state index contributed by atoms with van der Waals surface area (Å²) in [7, 11) is 0. The lowest BCUT2D eigenvalue weighted by molar-refractivity contribution is 0.0636. The largest absolute Gasteiger partial charge is 0.444 e. The molecule has 1 aromatic carbocycles. The van der Waals surface area contributed by atoms with Crippen LogP contribution in [0.15, 0.2) is 30.6 Å². The van der Waals surface area contributed by atoms with Crippen molar-refractivity contribution in [2.75, 3.05) is 5.32 Å². The van der Waals surface area contributed by atoms with Crippen LogP contribution >= 0.6 is 0 Å². The highest BCUT2D eigenvalue weighted by molar-refractivity contribution is 6.18. The van der Waals surface area contributed by atoms with Gasteiger partial charge in [0.15, 0.2) is 0 Å². The maximum Gasteiger partial charge on any atom is 0.412 e. The van der Waals surface area contributed by atoms with E-state index < -0.39 is 23.3 Å². The van der Waals surface area contributed by atoms with E-state index in [0.717, 1.165) is 5.56 Å². The molecule has 0 bridgehead atoms. The molecule has 3 rings (SSSR count). The van der Waals surface area contributed by atoms with Gasteiger partial charge in [-0.25, -0.2) is 9.18 Å². The molecule has 3 aromatic rings. The van der Waals surface area contributed by atoms with Gasteiger partial charge in [-0.05, 0) is 51.5 Å². The number of fused-ring (bicyclic) bond motifs is 1. The second kappa shape index (κ2) is 6.79. The smallest absolute Gasteiger partial charge is 0.412 e. The number of aromatic amines is 1. The van der Waals surface area contributed by atoms with E-state index in [1.165, 1.54) is 24.5 Å². The summed E-state index contributed by atoms with van der Waals surface area (Å²) in [5.74, 6) is -0.976. The average Bonchev–Trinajstić information content (AvgIpc) is 3.03. The van der Waals surface area contributed by atoms with Gasteiger partial charge in [0.05, 0.1) is 11.9 Å². The van der Waals surface area contributed by atoms with Gasteiger partial charge in [-0.15, -0.1) is 0 Å². The number of aryl methyl sites for hydroxylation is 1. The highest BCUT2D eigenvalue weighted by Crippen LogP contribution is 2.25. The molecule has 0 atom stereocenters. The molecule has 0 saturated carbocycles. The number of rotatable bonds is 3. The summed E-state index contributed by atoms with van der Waals surface area (Å²) in [6.45, 7) is 7.00. The molecular formula is C19H19FN4O3. The molecule has 0 fully saturated rings. The quantitative estimate of drug-likeness (QED) is 0.680. The number of halogens is 1. The number of nitrogens with zero attached hydrogens (tertiary/aromatic N) is 2. The summed E-state index contributed by atoms with van der Waals surface area (Å²) in [6.07, 6.45) is 2.20. The lowest BCUT2D eigenvalue weighted by Crippen LogP contribution is -2.28. The number of ether oxygens (including phenoxy) is 1. The van der Waals surface area contributed by atoms with E-state index in [1.54, 1.807) is 33.8 Å². The first kappa shape index (κ1) is 18.5. The van der Waals surface area contributed by atoms with Crippen LogP contribution in [0.2, 0.25) is 0 Å². The zero-order chi connectivity index (χ0) is 19.8. The molecule has 140 valence electrons. The van der Waals surface area contributed by atoms with Crippen molar-refractivity contribution in [2.24, 2.45) is 0 Å². The summed E-state index contributed by atoms with van der Waals surface area (Å²) < 4.78 is 19.1. The van der Waals surface area contributed by atoms with Gasteiger partial charge in [-0.2, -0.15) is 5.10 Å². The Morgan fingerprint density at radius 1 is 1.22 bits per heavy atom. The summed E-state index contributed by atoms with van der Waals surface area (Å²) in [4.78, 5) is 29.4. The van der Waals surface area contributed by atoms with E-state index in [4.69, 9.17) is 4.74 Å². The Kier molecular flexibility index (Phi) is 4.65. The van der Waals surface area contributed by atoms with Crippen LogP contribution in [0.25, 0.3) is 10.9 Å². The second-order valence-electron chi connectivity index (χ2n) is 7.12. The molecule has 0 aliphatic heterocycles. The molecule has 2 N–H and O–H groups in total. The number of hydrogen-bond donors (Lipinski definition) is 2. The van der Waals surface area contributed by atoms with E-state index in [0.29, 0.717) is 5.39 Å². The minimum atomic E-state index is -0.698. The van der Waals surface area contributed by atoms with Gasteiger partial charge in [-0.1, -0.05) is 0 Å². The topological polar surface area (TPSA) is 97.0 Å². The molecule has 0 aliphatic rings. The number of amides is 1. The number of H-pyrrole nitrogens is 1. The van der Waals surface area contributed by atoms with Crippen molar-refractivity contribution in [3.8, 4) is 0 Å². The minimum absolute atomic E-state index is 0.0283. The molecule has 0 saturated heterocycles. The van der Waals surface area contributed by atoms with E-state index in [1.807, 2.05) is 0 Å². The lowest BCUT2D eigenvalue weighted by Gasteiger charge is -2.20. The van der Waals surface area contributed by atoms with Crippen molar-refractivity contribution in [2.45, 2.75) is 33.3 Å². The number of nitrogens with one attached hydrogen (secondary N) is 2. The number of carbonyl (C=O) groups is 2. The van der Waals surface area contributed by atoms with E-state index in [-0.39, 0.29) is 22.5 Å². The number of carbonyl (C=O) groups excluding carboxylic acids is 2. The summed E-state index contributed by atoms with van der Waals surface area (Å²) in [5.41, 5.74) is 0.671. The zero-order valence-electron chi connectivity index (χ0n) is 15.4. The molecule has 0 unspecified atom stereocenters. The van der Waals surface area contributed by atoms with Crippen LogP contribution in [0, 0.1) is 12.7 Å². The number of ketones is 1. The third-order valence-electron chi connectivity index (χ3n) is 3.68. The van der Waals surface area contributed by atoms with Crippen LogP contribution in [0.4, 0.5) is 14.9 Å². The predicted octanol–water partition coefficient (Wildman–Crippen LogP) is 3.98. The van der Waals surface area contributed by atoms with Gasteiger partial charge >= 0.3 is 6.09 Å². The summed E-state index contributed by atoms with van der Waals surface area (Å²) in [6, 6.07) is 4.18. The van der Waals surface area contributed by atoms with Crippen molar-refractivity contribution in [1.29, 1.82) is 0 Å². The van der Waals surface area contributed by atoms with Crippen molar-refractivity contribution < 1.29 is 18.7 Å². The average molecular weight is 370 g/mol. The monoisotopic (exact) mass is 370 g/mol. The van der Waals surface area contributed by atoms with Crippen LogP contribution in [-0.2, 0) is 4.74 Å². The van der Waals surface area contributed by atoms with Crippen LogP contribution in [0.5, 0.6) is 0 Å². The van der Waals surface area contributed by atoms with Crippen LogP contribution in [-0.4, -0.2) is 32.7 Å². The Balaban J connectivity index is 2.01. The van der Waals surface area contributed by atoms with E-state index >= 15 is 0 Å². The van der Waals surface area contributed by atoms with Gasteiger partial charge in [0.2, 0.25) is 5.78 Å². The van der Waals surface area contributed by atoms with Crippen molar-refractivity contribution >= 4 is 28.5 Å². The van der Waals surface area contributed by atoms with E-state index in [9.17, 15) is 14.0 Å². The number of anilines is 1. The van der Waals surface area contributed by atoms with Crippen molar-refractivity contribution in [3.63, 3.8) is 0 Å². The Morgan fingerprint density at radius 3 is 2.67 bits per heavy atom. The molecule has 0 spiro atoms. The highest BCUT2D eigenvalue weighted by Gasteiger charge is 2.23. The third-order valence-corrected chi connectivity index (χ3v) is 3.68. The molecule has 8 heteroatoms. The molecule has 1 amide bonds. The van der Waals surface area contributed by atoms with Crippen molar-refractivity contribution in [1.82, 2.24) is 15.2 Å². The Morgan fingerprint density at radius 2 is 1.96 bits per heavy atom.